The fourth-order valence-corrected chi connectivity index (χ4v) is 2.07. The van der Waals surface area contributed by atoms with Crippen LogP contribution in [0.25, 0.3) is 10.9 Å². The Morgan fingerprint density at radius 3 is 3.06 bits per heavy atom. The standard InChI is InChI=1S/C14H14N2O2/c17-11-3-4-13-12(8-11)10(9-16-13)5-6-15-14-2-1-7-18-14/h1-4,7-9,15-17H,5-6H2. The minimum atomic E-state index is 0.294. The molecule has 0 spiro atoms. The highest BCUT2D eigenvalue weighted by Gasteiger charge is 2.04. The molecule has 4 nitrogen and oxygen atoms in total. The average Bonchev–Trinajstić information content (AvgIpc) is 2.99. The van der Waals surface area contributed by atoms with Crippen LogP contribution in [0.15, 0.2) is 47.2 Å². The van der Waals surface area contributed by atoms with Crippen molar-refractivity contribution in [1.82, 2.24) is 4.98 Å². The van der Waals surface area contributed by atoms with Gasteiger partial charge in [-0.05, 0) is 36.2 Å². The van der Waals surface area contributed by atoms with Gasteiger partial charge in [-0.3, -0.25) is 0 Å². The van der Waals surface area contributed by atoms with Gasteiger partial charge in [0.05, 0.1) is 6.26 Å². The van der Waals surface area contributed by atoms with Crippen molar-refractivity contribution < 1.29 is 9.52 Å². The van der Waals surface area contributed by atoms with Crippen LogP contribution < -0.4 is 5.32 Å². The number of hydrogen-bond donors (Lipinski definition) is 3. The fourth-order valence-electron chi connectivity index (χ4n) is 2.07. The lowest BCUT2D eigenvalue weighted by Gasteiger charge is -2.02. The first-order chi connectivity index (χ1) is 8.83. The number of aromatic nitrogens is 1. The number of rotatable bonds is 4. The summed E-state index contributed by atoms with van der Waals surface area (Å²) in [6.45, 7) is 0.788. The second-order valence-corrected chi connectivity index (χ2v) is 4.20. The molecular formula is C14H14N2O2. The second kappa shape index (κ2) is 4.49. The summed E-state index contributed by atoms with van der Waals surface area (Å²) in [5.74, 6) is 1.07. The highest BCUT2D eigenvalue weighted by Crippen LogP contribution is 2.23. The molecule has 0 amide bonds. The van der Waals surface area contributed by atoms with E-state index in [0.29, 0.717) is 5.75 Å². The Hall–Kier alpha value is -2.36. The third kappa shape index (κ3) is 2.05. The first-order valence-electron chi connectivity index (χ1n) is 5.89. The van der Waals surface area contributed by atoms with E-state index in [0.717, 1.165) is 29.8 Å². The zero-order valence-electron chi connectivity index (χ0n) is 9.81. The van der Waals surface area contributed by atoms with Gasteiger partial charge in [0, 0.05) is 29.7 Å². The third-order valence-electron chi connectivity index (χ3n) is 2.97. The van der Waals surface area contributed by atoms with Crippen LogP contribution in [0.1, 0.15) is 5.56 Å². The van der Waals surface area contributed by atoms with Crippen molar-refractivity contribution in [3.8, 4) is 5.75 Å². The average molecular weight is 242 g/mol. The van der Waals surface area contributed by atoms with Crippen molar-refractivity contribution in [2.24, 2.45) is 0 Å². The molecular weight excluding hydrogens is 228 g/mol. The highest BCUT2D eigenvalue weighted by atomic mass is 16.3. The van der Waals surface area contributed by atoms with Gasteiger partial charge in [-0.25, -0.2) is 0 Å². The number of anilines is 1. The number of H-pyrrole nitrogens is 1. The van der Waals surface area contributed by atoms with E-state index in [1.54, 1.807) is 18.4 Å². The summed E-state index contributed by atoms with van der Waals surface area (Å²) in [5, 5.41) is 13.8. The normalized spacial score (nSPS) is 10.9. The molecule has 92 valence electrons. The maximum Gasteiger partial charge on any atom is 0.192 e. The van der Waals surface area contributed by atoms with Gasteiger partial charge in [-0.15, -0.1) is 0 Å². The van der Waals surface area contributed by atoms with Crippen molar-refractivity contribution in [2.45, 2.75) is 6.42 Å². The number of fused-ring (bicyclic) bond motifs is 1. The monoisotopic (exact) mass is 242 g/mol. The van der Waals surface area contributed by atoms with Crippen molar-refractivity contribution in [3.63, 3.8) is 0 Å². The summed E-state index contributed by atoms with van der Waals surface area (Å²) in [6.07, 6.45) is 4.49. The molecule has 0 atom stereocenters. The van der Waals surface area contributed by atoms with Gasteiger partial charge in [-0.2, -0.15) is 0 Å². The first kappa shape index (κ1) is 10.8. The van der Waals surface area contributed by atoms with E-state index in [2.05, 4.69) is 10.3 Å². The van der Waals surface area contributed by atoms with Gasteiger partial charge in [0.15, 0.2) is 5.88 Å². The molecule has 0 radical (unpaired) electrons. The lowest BCUT2D eigenvalue weighted by atomic mass is 10.1. The zero-order valence-corrected chi connectivity index (χ0v) is 9.81. The lowest BCUT2D eigenvalue weighted by molar-refractivity contribution is 0.476. The highest BCUT2D eigenvalue weighted by molar-refractivity contribution is 5.84. The maximum absolute atomic E-state index is 9.50. The van der Waals surface area contributed by atoms with E-state index < -0.39 is 0 Å². The lowest BCUT2D eigenvalue weighted by Crippen LogP contribution is -2.03. The van der Waals surface area contributed by atoms with Gasteiger partial charge in [0.1, 0.15) is 5.75 Å². The number of phenolic OH excluding ortho intramolecular Hbond substituents is 1. The van der Waals surface area contributed by atoms with Gasteiger partial charge < -0.3 is 19.8 Å². The molecule has 4 heteroatoms. The van der Waals surface area contributed by atoms with Crippen LogP contribution in [0, 0.1) is 0 Å². The Bertz CT molecular complexity index is 641. The molecule has 0 fully saturated rings. The number of aromatic hydroxyl groups is 1. The largest absolute Gasteiger partial charge is 0.508 e. The predicted octanol–water partition coefficient (Wildman–Crippen LogP) is 3.12. The molecule has 0 saturated heterocycles. The maximum atomic E-state index is 9.50. The summed E-state index contributed by atoms with van der Waals surface area (Å²) >= 11 is 0. The van der Waals surface area contributed by atoms with Gasteiger partial charge >= 0.3 is 0 Å². The van der Waals surface area contributed by atoms with E-state index in [1.807, 2.05) is 24.4 Å². The van der Waals surface area contributed by atoms with E-state index in [9.17, 15) is 5.11 Å². The number of phenols is 1. The summed E-state index contributed by atoms with van der Waals surface area (Å²) in [6, 6.07) is 9.10. The summed E-state index contributed by atoms with van der Waals surface area (Å²) in [7, 11) is 0. The molecule has 2 heterocycles. The topological polar surface area (TPSA) is 61.2 Å². The molecule has 0 saturated carbocycles. The number of nitrogens with one attached hydrogen (secondary N) is 2. The number of benzene rings is 1. The van der Waals surface area contributed by atoms with Crippen LogP contribution in [0.2, 0.25) is 0 Å². The first-order valence-corrected chi connectivity index (χ1v) is 5.89. The molecule has 2 aromatic heterocycles. The fraction of sp³-hybridized carbons (Fsp3) is 0.143. The second-order valence-electron chi connectivity index (χ2n) is 4.20. The molecule has 0 aliphatic carbocycles. The molecule has 0 aliphatic rings. The van der Waals surface area contributed by atoms with Crippen LogP contribution in [0.3, 0.4) is 0 Å². The molecule has 0 unspecified atom stereocenters. The van der Waals surface area contributed by atoms with Crippen molar-refractivity contribution in [3.05, 3.63) is 48.4 Å². The van der Waals surface area contributed by atoms with Crippen LogP contribution in [0.4, 0.5) is 5.88 Å². The minimum Gasteiger partial charge on any atom is -0.508 e. The summed E-state index contributed by atoms with van der Waals surface area (Å²) < 4.78 is 5.20. The van der Waals surface area contributed by atoms with Crippen LogP contribution >= 0.6 is 0 Å². The summed E-state index contributed by atoms with van der Waals surface area (Å²) in [5.41, 5.74) is 2.22. The zero-order chi connectivity index (χ0) is 12.4. The molecule has 0 aliphatic heterocycles. The van der Waals surface area contributed by atoms with E-state index in [1.165, 1.54) is 5.56 Å². The SMILES string of the molecule is Oc1ccc2[nH]cc(CCNc3ccco3)c2c1. The number of hydrogen-bond acceptors (Lipinski definition) is 3. The Balaban J connectivity index is 1.72. The van der Waals surface area contributed by atoms with E-state index in [-0.39, 0.29) is 0 Å². The summed E-state index contributed by atoms with van der Waals surface area (Å²) in [4.78, 5) is 3.20. The predicted molar refractivity (Wildman–Crippen MR) is 70.9 cm³/mol. The Morgan fingerprint density at radius 1 is 1.28 bits per heavy atom. The number of furan rings is 1. The Morgan fingerprint density at radius 2 is 2.22 bits per heavy atom. The minimum absolute atomic E-state index is 0.294. The third-order valence-corrected chi connectivity index (χ3v) is 2.97. The quantitative estimate of drug-likeness (QED) is 0.658. The van der Waals surface area contributed by atoms with Crippen LogP contribution in [-0.2, 0) is 6.42 Å². The molecule has 0 bridgehead atoms. The number of aromatic amines is 1. The van der Waals surface area contributed by atoms with Crippen LogP contribution in [0.5, 0.6) is 5.75 Å². The van der Waals surface area contributed by atoms with Gasteiger partial charge in [0.25, 0.3) is 0 Å². The Kier molecular flexibility index (Phi) is 2.68. The van der Waals surface area contributed by atoms with Crippen molar-refractivity contribution in [1.29, 1.82) is 0 Å². The van der Waals surface area contributed by atoms with Gasteiger partial charge in [-0.1, -0.05) is 0 Å². The Labute approximate surface area is 104 Å². The molecule has 3 rings (SSSR count). The van der Waals surface area contributed by atoms with Crippen molar-refractivity contribution in [2.75, 3.05) is 11.9 Å². The smallest absolute Gasteiger partial charge is 0.192 e. The van der Waals surface area contributed by atoms with E-state index >= 15 is 0 Å². The molecule has 3 aromatic rings. The van der Waals surface area contributed by atoms with Crippen LogP contribution in [-0.4, -0.2) is 16.6 Å². The van der Waals surface area contributed by atoms with E-state index in [4.69, 9.17) is 4.42 Å². The molecule has 18 heavy (non-hydrogen) atoms. The van der Waals surface area contributed by atoms with Crippen molar-refractivity contribution >= 4 is 16.8 Å². The van der Waals surface area contributed by atoms with Gasteiger partial charge in [0.2, 0.25) is 0 Å². The molecule has 3 N–H and O–H groups in total. The molecule has 1 aromatic carbocycles.